The Bertz CT molecular complexity index is 1030. The Morgan fingerprint density at radius 1 is 1.13 bits per heavy atom. The summed E-state index contributed by atoms with van der Waals surface area (Å²) < 4.78 is 71.5. The molecule has 10 nitrogen and oxygen atoms in total. The van der Waals surface area contributed by atoms with Crippen LogP contribution in [-0.2, 0) is 34.0 Å². The predicted molar refractivity (Wildman–Crippen MR) is 128 cm³/mol. The van der Waals surface area contributed by atoms with Gasteiger partial charge in [-0.25, -0.2) is 14.3 Å². The number of rotatable bonds is 8. The number of nitrogens with zero attached hydrogens (tertiary/aromatic N) is 5. The zero-order valence-corrected chi connectivity index (χ0v) is 22.5. The standard InChI is InChI=1S/C18H29N5OS.2C2HF3O2/c1-5-23-18-15(13-24-9-8-21(3)4)10-22(12-17(18)19-20-23)11-16-7-6-14(2)25-16;2*3-2(4,5)1(6)7/h6-7,15H,5,8-13H2,1-4H3;2*(H,6,7). The van der Waals surface area contributed by atoms with Crippen LogP contribution < -0.4 is 0 Å². The van der Waals surface area contributed by atoms with Crippen molar-refractivity contribution in [3.8, 4) is 0 Å². The Hall–Kier alpha value is -2.76. The highest BCUT2D eigenvalue weighted by Crippen LogP contribution is 2.29. The number of likely N-dealkylation sites (N-methyl/N-ethyl adjacent to an activating group) is 1. The maximum Gasteiger partial charge on any atom is 0.490 e. The molecule has 0 saturated heterocycles. The predicted octanol–water partition coefficient (Wildman–Crippen LogP) is 3.61. The molecular weight excluding hydrogens is 560 g/mol. The third-order valence-electron chi connectivity index (χ3n) is 5.05. The van der Waals surface area contributed by atoms with Crippen LogP contribution in [0, 0.1) is 6.92 Å². The summed E-state index contributed by atoms with van der Waals surface area (Å²) in [7, 11) is 4.14. The summed E-state index contributed by atoms with van der Waals surface area (Å²) in [4.78, 5) is 25.2. The molecule has 3 rings (SSSR count). The molecule has 0 amide bonds. The topological polar surface area (TPSA) is 121 Å². The Balaban J connectivity index is 0.000000449. The van der Waals surface area contributed by atoms with Gasteiger partial charge in [0.2, 0.25) is 0 Å². The number of ether oxygens (including phenoxy) is 1. The molecule has 0 saturated carbocycles. The summed E-state index contributed by atoms with van der Waals surface area (Å²) in [6, 6.07) is 4.44. The smallest absolute Gasteiger partial charge is 0.475 e. The molecule has 39 heavy (non-hydrogen) atoms. The van der Waals surface area contributed by atoms with Gasteiger partial charge in [0.05, 0.1) is 18.9 Å². The lowest BCUT2D eigenvalue weighted by atomic mass is 9.99. The molecule has 0 aliphatic carbocycles. The van der Waals surface area contributed by atoms with Crippen molar-refractivity contribution in [1.82, 2.24) is 24.8 Å². The van der Waals surface area contributed by atoms with Crippen molar-refractivity contribution in [3.05, 3.63) is 33.3 Å². The van der Waals surface area contributed by atoms with Crippen LogP contribution in [0.5, 0.6) is 0 Å². The van der Waals surface area contributed by atoms with Crippen molar-refractivity contribution >= 4 is 23.3 Å². The number of halogens is 6. The molecule has 0 bridgehead atoms. The lowest BCUT2D eigenvalue weighted by Gasteiger charge is -2.32. The summed E-state index contributed by atoms with van der Waals surface area (Å²) >= 11 is 1.88. The van der Waals surface area contributed by atoms with E-state index in [-0.39, 0.29) is 0 Å². The number of hydrogen-bond acceptors (Lipinski definition) is 8. The van der Waals surface area contributed by atoms with Gasteiger partial charge in [0.25, 0.3) is 0 Å². The van der Waals surface area contributed by atoms with Crippen molar-refractivity contribution in [2.45, 2.75) is 51.8 Å². The van der Waals surface area contributed by atoms with Crippen LogP contribution in [0.25, 0.3) is 0 Å². The van der Waals surface area contributed by atoms with Gasteiger partial charge >= 0.3 is 24.3 Å². The maximum atomic E-state index is 10.6. The second kappa shape index (κ2) is 15.1. The van der Waals surface area contributed by atoms with Gasteiger partial charge in [0, 0.05) is 48.4 Å². The van der Waals surface area contributed by atoms with Crippen LogP contribution in [0.3, 0.4) is 0 Å². The molecule has 1 aliphatic rings. The molecule has 1 atom stereocenters. The van der Waals surface area contributed by atoms with Gasteiger partial charge in [-0.3, -0.25) is 4.90 Å². The van der Waals surface area contributed by atoms with Crippen molar-refractivity contribution in [1.29, 1.82) is 0 Å². The molecule has 2 aromatic heterocycles. The van der Waals surface area contributed by atoms with Crippen molar-refractivity contribution in [2.75, 3.05) is 40.4 Å². The summed E-state index contributed by atoms with van der Waals surface area (Å²) in [5.41, 5.74) is 2.38. The quantitative estimate of drug-likeness (QED) is 0.350. The number of carbonyl (C=O) groups is 2. The highest BCUT2D eigenvalue weighted by atomic mass is 32.1. The Kier molecular flexibility index (Phi) is 13.3. The zero-order chi connectivity index (χ0) is 30.0. The normalized spacial score (nSPS) is 15.6. The van der Waals surface area contributed by atoms with E-state index in [1.54, 1.807) is 0 Å². The molecule has 2 aromatic rings. The number of aryl methyl sites for hydroxylation is 2. The van der Waals surface area contributed by atoms with Gasteiger partial charge in [0.15, 0.2) is 0 Å². The van der Waals surface area contributed by atoms with Crippen LogP contribution in [-0.4, -0.2) is 99.7 Å². The average Bonchev–Trinajstić information content (AvgIpc) is 3.41. The van der Waals surface area contributed by atoms with Gasteiger partial charge in [-0.2, -0.15) is 26.3 Å². The lowest BCUT2D eigenvalue weighted by molar-refractivity contribution is -0.193. The Morgan fingerprint density at radius 2 is 1.69 bits per heavy atom. The average molecular weight is 592 g/mol. The first-order valence-corrected chi connectivity index (χ1v) is 12.3. The van der Waals surface area contributed by atoms with Gasteiger partial charge < -0.3 is 19.8 Å². The summed E-state index contributed by atoms with van der Waals surface area (Å²) in [6.45, 7) is 10.4. The fourth-order valence-electron chi connectivity index (χ4n) is 3.34. The first-order chi connectivity index (χ1) is 17.9. The largest absolute Gasteiger partial charge is 0.490 e. The first kappa shape index (κ1) is 34.3. The molecule has 17 heteroatoms. The number of carboxylic acids is 2. The fraction of sp³-hybridized carbons (Fsp3) is 0.636. The lowest BCUT2D eigenvalue weighted by Crippen LogP contribution is -2.36. The van der Waals surface area contributed by atoms with E-state index in [1.165, 1.54) is 15.4 Å². The number of thiophene rings is 1. The van der Waals surface area contributed by atoms with Crippen molar-refractivity contribution in [3.63, 3.8) is 0 Å². The number of carboxylic acid groups (broad SMARTS) is 2. The van der Waals surface area contributed by atoms with Gasteiger partial charge in [-0.05, 0) is 40.1 Å². The van der Waals surface area contributed by atoms with Crippen LogP contribution in [0.15, 0.2) is 12.1 Å². The number of hydrogen-bond donors (Lipinski definition) is 2. The van der Waals surface area contributed by atoms with E-state index in [1.807, 2.05) is 16.0 Å². The monoisotopic (exact) mass is 591 g/mol. The molecule has 222 valence electrons. The third-order valence-corrected chi connectivity index (χ3v) is 6.03. The minimum Gasteiger partial charge on any atom is -0.475 e. The third kappa shape index (κ3) is 12.3. The molecule has 0 aromatic carbocycles. The molecule has 0 radical (unpaired) electrons. The van der Waals surface area contributed by atoms with Crippen molar-refractivity contribution in [2.24, 2.45) is 0 Å². The van der Waals surface area contributed by atoms with E-state index in [2.05, 4.69) is 60.2 Å². The highest BCUT2D eigenvalue weighted by molar-refractivity contribution is 7.11. The minimum absolute atomic E-state index is 0.335. The van der Waals surface area contributed by atoms with E-state index in [9.17, 15) is 26.3 Å². The van der Waals surface area contributed by atoms with E-state index < -0.39 is 24.3 Å². The minimum atomic E-state index is -5.08. The van der Waals surface area contributed by atoms with Gasteiger partial charge in [-0.1, -0.05) is 5.21 Å². The molecule has 1 aliphatic heterocycles. The SMILES string of the molecule is CCn1nnc2c1C(COCCN(C)C)CN(Cc1ccc(C)s1)C2.O=C(O)C(F)(F)F.O=C(O)C(F)(F)F. The number of aromatic nitrogens is 3. The highest BCUT2D eigenvalue weighted by Gasteiger charge is 2.39. The number of aliphatic carboxylic acids is 2. The van der Waals surface area contributed by atoms with Crippen LogP contribution in [0.2, 0.25) is 0 Å². The summed E-state index contributed by atoms with van der Waals surface area (Å²) in [5, 5.41) is 23.0. The number of fused-ring (bicyclic) bond motifs is 1. The van der Waals surface area contributed by atoms with E-state index in [4.69, 9.17) is 24.5 Å². The molecule has 2 N–H and O–H groups in total. The zero-order valence-electron chi connectivity index (χ0n) is 21.7. The maximum absolute atomic E-state index is 10.6. The Labute approximate surface area is 224 Å². The molecule has 1 unspecified atom stereocenters. The van der Waals surface area contributed by atoms with E-state index in [0.717, 1.165) is 51.6 Å². The van der Waals surface area contributed by atoms with Crippen LogP contribution >= 0.6 is 11.3 Å². The van der Waals surface area contributed by atoms with E-state index in [0.29, 0.717) is 5.92 Å². The van der Waals surface area contributed by atoms with Gasteiger partial charge in [-0.15, -0.1) is 16.4 Å². The fourth-order valence-corrected chi connectivity index (χ4v) is 4.27. The Morgan fingerprint density at radius 3 is 2.13 bits per heavy atom. The second-order valence-corrected chi connectivity index (χ2v) is 9.97. The second-order valence-electron chi connectivity index (χ2n) is 8.60. The molecular formula is C22H31F6N5O5S. The molecule has 3 heterocycles. The van der Waals surface area contributed by atoms with E-state index >= 15 is 0 Å². The molecule has 0 fully saturated rings. The molecule has 0 spiro atoms. The van der Waals surface area contributed by atoms with Crippen LogP contribution in [0.4, 0.5) is 26.3 Å². The summed E-state index contributed by atoms with van der Waals surface area (Å²) in [5.74, 6) is -5.18. The van der Waals surface area contributed by atoms with Gasteiger partial charge in [0.1, 0.15) is 5.69 Å². The van der Waals surface area contributed by atoms with Crippen LogP contribution in [0.1, 0.15) is 34.0 Å². The summed E-state index contributed by atoms with van der Waals surface area (Å²) in [6.07, 6.45) is -10.2. The first-order valence-electron chi connectivity index (χ1n) is 11.5. The number of alkyl halides is 6. The van der Waals surface area contributed by atoms with Crippen molar-refractivity contribution < 1.29 is 50.9 Å².